The van der Waals surface area contributed by atoms with E-state index in [0.717, 1.165) is 10.4 Å². The zero-order valence-electron chi connectivity index (χ0n) is 11.6. The van der Waals surface area contributed by atoms with E-state index in [4.69, 9.17) is 5.11 Å². The van der Waals surface area contributed by atoms with Gasteiger partial charge >= 0.3 is 0 Å². The van der Waals surface area contributed by atoms with Crippen LogP contribution in [0.2, 0.25) is 0 Å². The largest absolute Gasteiger partial charge is 0.392 e. The Labute approximate surface area is 126 Å². The molecule has 1 heterocycles. The maximum atomic E-state index is 13.7. The molecule has 0 aliphatic rings. The minimum Gasteiger partial charge on any atom is -0.392 e. The van der Waals surface area contributed by atoms with Gasteiger partial charge in [-0.05, 0) is 24.6 Å². The summed E-state index contributed by atoms with van der Waals surface area (Å²) >= 11 is 1.38. The van der Waals surface area contributed by atoms with Crippen molar-refractivity contribution in [1.82, 2.24) is 9.29 Å². The molecule has 114 valence electrons. The van der Waals surface area contributed by atoms with Crippen LogP contribution >= 0.6 is 11.3 Å². The second kappa shape index (κ2) is 6.18. The van der Waals surface area contributed by atoms with E-state index in [-0.39, 0.29) is 22.6 Å². The smallest absolute Gasteiger partial charge is 0.243 e. The van der Waals surface area contributed by atoms with Gasteiger partial charge < -0.3 is 5.11 Å². The number of sulfonamides is 1. The normalized spacial score (nSPS) is 12.0. The van der Waals surface area contributed by atoms with Crippen molar-refractivity contribution in [1.29, 1.82) is 0 Å². The van der Waals surface area contributed by atoms with Crippen LogP contribution in [0.5, 0.6) is 0 Å². The third-order valence-corrected chi connectivity index (χ3v) is 5.47. The highest BCUT2D eigenvalue weighted by molar-refractivity contribution is 7.89. The quantitative estimate of drug-likeness (QED) is 0.909. The fourth-order valence-corrected chi connectivity index (χ4v) is 3.71. The van der Waals surface area contributed by atoms with Gasteiger partial charge in [-0.3, -0.25) is 0 Å². The van der Waals surface area contributed by atoms with Gasteiger partial charge in [0.05, 0.1) is 29.3 Å². The Hall–Kier alpha value is -1.35. The van der Waals surface area contributed by atoms with E-state index in [9.17, 15) is 12.8 Å². The fraction of sp³-hybridized carbons (Fsp3) is 0.308. The molecule has 0 atom stereocenters. The minimum atomic E-state index is -3.77. The molecule has 8 heteroatoms. The Morgan fingerprint density at radius 2 is 2.14 bits per heavy atom. The zero-order valence-corrected chi connectivity index (χ0v) is 13.2. The number of thiazole rings is 1. The van der Waals surface area contributed by atoms with E-state index in [1.54, 1.807) is 10.9 Å². The lowest BCUT2D eigenvalue weighted by Crippen LogP contribution is -2.27. The summed E-state index contributed by atoms with van der Waals surface area (Å²) in [4.78, 5) is 4.00. The van der Waals surface area contributed by atoms with Gasteiger partial charge in [0.1, 0.15) is 5.82 Å². The number of rotatable bonds is 5. The molecule has 0 aliphatic heterocycles. The van der Waals surface area contributed by atoms with Crippen LogP contribution in [-0.2, 0) is 23.2 Å². The van der Waals surface area contributed by atoms with Crippen molar-refractivity contribution in [3.05, 3.63) is 45.7 Å². The maximum Gasteiger partial charge on any atom is 0.243 e. The van der Waals surface area contributed by atoms with Crippen molar-refractivity contribution in [2.75, 3.05) is 7.05 Å². The summed E-state index contributed by atoms with van der Waals surface area (Å²) < 4.78 is 39.8. The number of nitrogens with zero attached hydrogens (tertiary/aromatic N) is 2. The summed E-state index contributed by atoms with van der Waals surface area (Å²) in [5.74, 6) is -0.585. The van der Waals surface area contributed by atoms with Crippen molar-refractivity contribution >= 4 is 21.4 Å². The summed E-state index contributed by atoms with van der Waals surface area (Å²) in [5.41, 5.74) is 2.42. The lowest BCUT2D eigenvalue weighted by molar-refractivity contribution is 0.275. The number of aryl methyl sites for hydroxylation is 1. The average Bonchev–Trinajstić information content (AvgIpc) is 2.94. The predicted molar refractivity (Wildman–Crippen MR) is 77.8 cm³/mol. The van der Waals surface area contributed by atoms with Crippen molar-refractivity contribution in [3.63, 3.8) is 0 Å². The molecule has 0 bridgehead atoms. The van der Waals surface area contributed by atoms with E-state index >= 15 is 0 Å². The van der Waals surface area contributed by atoms with Crippen molar-refractivity contribution in [2.45, 2.75) is 25.0 Å². The first kappa shape index (κ1) is 16.0. The molecule has 0 amide bonds. The predicted octanol–water partition coefficient (Wildman–Crippen LogP) is 1.90. The first-order chi connectivity index (χ1) is 9.86. The second-order valence-corrected chi connectivity index (χ2v) is 7.38. The molecule has 1 N–H and O–H groups in total. The molecule has 2 rings (SSSR count). The van der Waals surface area contributed by atoms with Crippen LogP contribution in [0.15, 0.2) is 27.9 Å². The van der Waals surface area contributed by atoms with Crippen LogP contribution in [0.1, 0.15) is 16.8 Å². The first-order valence-corrected chi connectivity index (χ1v) is 8.48. The highest BCUT2D eigenvalue weighted by atomic mass is 32.2. The molecule has 0 fully saturated rings. The zero-order chi connectivity index (χ0) is 15.6. The van der Waals surface area contributed by atoms with Crippen molar-refractivity contribution in [2.24, 2.45) is 0 Å². The van der Waals surface area contributed by atoms with E-state index in [0.29, 0.717) is 5.69 Å². The van der Waals surface area contributed by atoms with E-state index < -0.39 is 22.4 Å². The van der Waals surface area contributed by atoms with E-state index in [2.05, 4.69) is 4.98 Å². The fourth-order valence-electron chi connectivity index (χ4n) is 1.88. The summed E-state index contributed by atoms with van der Waals surface area (Å²) in [6.45, 7) is 1.05. The monoisotopic (exact) mass is 330 g/mol. The third kappa shape index (κ3) is 3.29. The SMILES string of the molecule is Cc1cc(S(=O)(=O)N(C)Cc2cscn2)cc(CO)c1F. The second-order valence-electron chi connectivity index (χ2n) is 4.61. The number of hydrogen-bond acceptors (Lipinski definition) is 5. The molecule has 0 spiro atoms. The summed E-state index contributed by atoms with van der Waals surface area (Å²) in [5, 5.41) is 10.9. The van der Waals surface area contributed by atoms with Crippen LogP contribution in [0.3, 0.4) is 0 Å². The molecule has 0 saturated carbocycles. The Morgan fingerprint density at radius 3 is 2.71 bits per heavy atom. The number of benzene rings is 1. The number of aliphatic hydroxyl groups excluding tert-OH is 1. The molecule has 0 unspecified atom stereocenters. The number of aliphatic hydroxyl groups is 1. The molecule has 0 aliphatic carbocycles. The molecular weight excluding hydrogens is 315 g/mol. The molecular formula is C13H15FN2O3S2. The van der Waals surface area contributed by atoms with Crippen LogP contribution in [0.25, 0.3) is 0 Å². The Balaban J connectivity index is 2.37. The van der Waals surface area contributed by atoms with Gasteiger partial charge in [-0.15, -0.1) is 11.3 Å². The minimum absolute atomic E-state index is 0.0318. The van der Waals surface area contributed by atoms with Crippen LogP contribution in [0.4, 0.5) is 4.39 Å². The Bertz CT molecular complexity index is 730. The van der Waals surface area contributed by atoms with Gasteiger partial charge in [0.2, 0.25) is 10.0 Å². The van der Waals surface area contributed by atoms with E-state index in [1.807, 2.05) is 0 Å². The van der Waals surface area contributed by atoms with Crippen LogP contribution < -0.4 is 0 Å². The Kier molecular flexibility index (Phi) is 4.72. The molecule has 21 heavy (non-hydrogen) atoms. The molecule has 0 saturated heterocycles. The standard InChI is InChI=1S/C13H15FN2O3S2/c1-9-3-12(4-10(6-17)13(9)14)21(18,19)16(2)5-11-7-20-8-15-11/h3-4,7-8,17H,5-6H2,1-2H3. The van der Waals surface area contributed by atoms with Gasteiger partial charge in [-0.1, -0.05) is 0 Å². The number of halogens is 1. The van der Waals surface area contributed by atoms with Gasteiger partial charge in [0.15, 0.2) is 0 Å². The molecule has 2 aromatic rings. The highest BCUT2D eigenvalue weighted by Gasteiger charge is 2.23. The summed E-state index contributed by atoms with van der Waals surface area (Å²) in [6, 6.07) is 2.43. The number of aromatic nitrogens is 1. The lowest BCUT2D eigenvalue weighted by Gasteiger charge is -2.17. The van der Waals surface area contributed by atoms with Gasteiger partial charge in [-0.2, -0.15) is 4.31 Å². The van der Waals surface area contributed by atoms with E-state index in [1.165, 1.54) is 31.4 Å². The molecule has 5 nitrogen and oxygen atoms in total. The lowest BCUT2D eigenvalue weighted by atomic mass is 10.1. The van der Waals surface area contributed by atoms with Gasteiger partial charge in [0, 0.05) is 18.0 Å². The van der Waals surface area contributed by atoms with Crippen molar-refractivity contribution in [3.8, 4) is 0 Å². The molecule has 1 aromatic carbocycles. The van der Waals surface area contributed by atoms with Crippen LogP contribution in [0, 0.1) is 12.7 Å². The first-order valence-electron chi connectivity index (χ1n) is 6.09. The topological polar surface area (TPSA) is 70.5 Å². The molecule has 1 aromatic heterocycles. The van der Waals surface area contributed by atoms with Crippen LogP contribution in [-0.4, -0.2) is 29.9 Å². The number of hydrogen-bond donors (Lipinski definition) is 1. The maximum absolute atomic E-state index is 13.7. The average molecular weight is 330 g/mol. The third-order valence-electron chi connectivity index (χ3n) is 3.05. The highest BCUT2D eigenvalue weighted by Crippen LogP contribution is 2.22. The Morgan fingerprint density at radius 1 is 1.43 bits per heavy atom. The molecule has 0 radical (unpaired) electrons. The van der Waals surface area contributed by atoms with Gasteiger partial charge in [-0.25, -0.2) is 17.8 Å². The van der Waals surface area contributed by atoms with Gasteiger partial charge in [0.25, 0.3) is 0 Å². The summed E-state index contributed by atoms with van der Waals surface area (Å²) in [6.07, 6.45) is 0. The summed E-state index contributed by atoms with van der Waals surface area (Å²) in [7, 11) is -2.33. The van der Waals surface area contributed by atoms with Crippen molar-refractivity contribution < 1.29 is 17.9 Å².